The summed E-state index contributed by atoms with van der Waals surface area (Å²) in [4.78, 5) is 0. The van der Waals surface area contributed by atoms with E-state index in [1.165, 1.54) is 0 Å². The summed E-state index contributed by atoms with van der Waals surface area (Å²) in [6.45, 7) is 1.18. The molecule has 5 rings (SSSR count). The molecule has 0 radical (unpaired) electrons. The predicted molar refractivity (Wildman–Crippen MR) is 154 cm³/mol. The SMILES string of the molecule is O=[P@@]1(c2ccccc2)O[C@H](COCc2ccccc2)[C@@H](OCc2ccccc2)[C@H](OCc2ccccc2)[C@H]1Cl. The maximum atomic E-state index is 14.5. The van der Waals surface area contributed by atoms with Crippen molar-refractivity contribution in [3.8, 4) is 0 Å². The topological polar surface area (TPSA) is 54.0 Å². The summed E-state index contributed by atoms with van der Waals surface area (Å²) in [5.74, 6) is 0. The fourth-order valence-corrected chi connectivity index (χ4v) is 7.65. The van der Waals surface area contributed by atoms with Gasteiger partial charge in [0.1, 0.15) is 23.4 Å². The van der Waals surface area contributed by atoms with Crippen molar-refractivity contribution in [2.45, 2.75) is 43.3 Å². The maximum Gasteiger partial charge on any atom is 0.252 e. The second-order valence-corrected chi connectivity index (χ2v) is 12.7. The van der Waals surface area contributed by atoms with Crippen LogP contribution in [0.15, 0.2) is 121 Å². The van der Waals surface area contributed by atoms with E-state index in [0.29, 0.717) is 25.1 Å². The quantitative estimate of drug-likeness (QED) is 0.146. The predicted octanol–water partition coefficient (Wildman–Crippen LogP) is 6.94. The van der Waals surface area contributed by atoms with Crippen LogP contribution in [0.3, 0.4) is 0 Å². The van der Waals surface area contributed by atoms with Crippen LogP contribution in [0.2, 0.25) is 0 Å². The molecule has 0 spiro atoms. The number of ether oxygens (including phenoxy) is 3. The van der Waals surface area contributed by atoms with Gasteiger partial charge in [-0.05, 0) is 28.8 Å². The minimum Gasteiger partial charge on any atom is -0.374 e. The van der Waals surface area contributed by atoms with Crippen molar-refractivity contribution >= 4 is 24.3 Å². The van der Waals surface area contributed by atoms with Gasteiger partial charge in [-0.15, -0.1) is 11.6 Å². The van der Waals surface area contributed by atoms with Crippen molar-refractivity contribution in [3.63, 3.8) is 0 Å². The molecule has 0 unspecified atom stereocenters. The van der Waals surface area contributed by atoms with Gasteiger partial charge in [-0.3, -0.25) is 4.57 Å². The van der Waals surface area contributed by atoms with Crippen molar-refractivity contribution in [2.75, 3.05) is 6.61 Å². The smallest absolute Gasteiger partial charge is 0.252 e. The minimum atomic E-state index is -3.56. The first-order chi connectivity index (χ1) is 19.1. The molecule has 1 saturated heterocycles. The summed E-state index contributed by atoms with van der Waals surface area (Å²) in [6.07, 6.45) is -1.99. The molecule has 0 aliphatic carbocycles. The van der Waals surface area contributed by atoms with Crippen LogP contribution in [0, 0.1) is 0 Å². The Balaban J connectivity index is 1.43. The van der Waals surface area contributed by atoms with E-state index in [1.807, 2.05) is 109 Å². The lowest BCUT2D eigenvalue weighted by Gasteiger charge is -2.44. The Morgan fingerprint density at radius 3 is 1.56 bits per heavy atom. The molecule has 0 saturated carbocycles. The third-order valence-corrected chi connectivity index (χ3v) is 10.2. The number of hydrogen-bond acceptors (Lipinski definition) is 5. The van der Waals surface area contributed by atoms with Crippen LogP contribution in [-0.2, 0) is 43.1 Å². The van der Waals surface area contributed by atoms with Gasteiger partial charge in [0.05, 0.1) is 26.4 Å². The van der Waals surface area contributed by atoms with E-state index in [4.69, 9.17) is 30.3 Å². The average molecular weight is 563 g/mol. The molecule has 1 fully saturated rings. The zero-order valence-electron chi connectivity index (χ0n) is 21.6. The molecule has 0 amide bonds. The third kappa shape index (κ3) is 7.06. The highest BCUT2D eigenvalue weighted by Gasteiger charge is 2.54. The van der Waals surface area contributed by atoms with E-state index in [-0.39, 0.29) is 6.61 Å². The second-order valence-electron chi connectivity index (χ2n) is 9.47. The Hall–Kier alpha value is -2.76. The summed E-state index contributed by atoms with van der Waals surface area (Å²) < 4.78 is 39.9. The van der Waals surface area contributed by atoms with Crippen molar-refractivity contribution in [3.05, 3.63) is 138 Å². The van der Waals surface area contributed by atoms with Crippen LogP contribution in [-0.4, -0.2) is 30.0 Å². The van der Waals surface area contributed by atoms with E-state index in [9.17, 15) is 4.57 Å². The van der Waals surface area contributed by atoms with Crippen molar-refractivity contribution in [1.29, 1.82) is 0 Å². The zero-order valence-corrected chi connectivity index (χ0v) is 23.2. The number of halogens is 1. The molecule has 1 aliphatic rings. The van der Waals surface area contributed by atoms with Gasteiger partial charge in [-0.25, -0.2) is 0 Å². The fraction of sp³-hybridized carbons (Fsp3) is 0.250. The van der Waals surface area contributed by atoms with Crippen molar-refractivity contribution in [1.82, 2.24) is 0 Å². The molecule has 0 N–H and O–H groups in total. The second kappa shape index (κ2) is 13.5. The highest BCUT2D eigenvalue weighted by Crippen LogP contribution is 2.59. The summed E-state index contributed by atoms with van der Waals surface area (Å²) in [6, 6.07) is 38.8. The van der Waals surface area contributed by atoms with Gasteiger partial charge in [0.15, 0.2) is 0 Å². The average Bonchev–Trinajstić information content (AvgIpc) is 2.99. The monoisotopic (exact) mass is 562 g/mol. The van der Waals surface area contributed by atoms with E-state index in [0.717, 1.165) is 16.7 Å². The first-order valence-electron chi connectivity index (χ1n) is 13.0. The van der Waals surface area contributed by atoms with Crippen LogP contribution in [0.5, 0.6) is 0 Å². The Morgan fingerprint density at radius 1 is 0.615 bits per heavy atom. The molecule has 4 aromatic carbocycles. The fourth-order valence-electron chi connectivity index (χ4n) is 4.62. The number of alkyl halides is 1. The van der Waals surface area contributed by atoms with Gasteiger partial charge in [0.25, 0.3) is 7.37 Å². The Morgan fingerprint density at radius 2 is 1.05 bits per heavy atom. The molecular weight excluding hydrogens is 531 g/mol. The standard InChI is InChI=1S/C32H32ClO5P/c33-32-31(37-23-27-17-9-3-10-18-27)30(36-22-26-15-7-2-8-16-26)29(24-35-21-25-13-5-1-6-14-25)38-39(32,34)28-19-11-4-12-20-28/h1-20,29-32H,21-24H2/t29-,30-,31+,32+,39+/m1/s1. The lowest BCUT2D eigenvalue weighted by molar-refractivity contribution is -0.147. The summed E-state index contributed by atoms with van der Waals surface area (Å²) in [7, 11) is -3.56. The highest BCUT2D eigenvalue weighted by atomic mass is 35.5. The minimum absolute atomic E-state index is 0.167. The molecule has 1 aliphatic heterocycles. The van der Waals surface area contributed by atoms with Gasteiger partial charge in [-0.1, -0.05) is 109 Å². The van der Waals surface area contributed by atoms with Gasteiger partial charge in [-0.2, -0.15) is 0 Å². The van der Waals surface area contributed by atoms with Gasteiger partial charge >= 0.3 is 0 Å². The lowest BCUT2D eigenvalue weighted by atomic mass is 10.1. The molecule has 39 heavy (non-hydrogen) atoms. The Labute approximate surface area is 235 Å². The van der Waals surface area contributed by atoms with Crippen LogP contribution >= 0.6 is 19.0 Å². The highest BCUT2D eigenvalue weighted by molar-refractivity contribution is 7.69. The first-order valence-corrected chi connectivity index (χ1v) is 15.2. The number of rotatable bonds is 11. The van der Waals surface area contributed by atoms with Gasteiger partial charge < -0.3 is 18.7 Å². The largest absolute Gasteiger partial charge is 0.374 e. The summed E-state index contributed by atoms with van der Waals surface area (Å²) in [5, 5.41) is -0.400. The molecule has 5 atom stereocenters. The Kier molecular flexibility index (Phi) is 9.65. The van der Waals surface area contributed by atoms with Crippen LogP contribution in [0.25, 0.3) is 0 Å². The van der Waals surface area contributed by atoms with Gasteiger partial charge in [0, 0.05) is 5.30 Å². The molecule has 0 bridgehead atoms. The normalized spacial score (nSPS) is 24.8. The van der Waals surface area contributed by atoms with E-state index in [1.54, 1.807) is 12.1 Å². The molecule has 4 aromatic rings. The molecule has 5 nitrogen and oxygen atoms in total. The zero-order chi connectivity index (χ0) is 26.9. The van der Waals surface area contributed by atoms with Crippen LogP contribution in [0.4, 0.5) is 0 Å². The lowest BCUT2D eigenvalue weighted by Crippen LogP contribution is -2.53. The molecule has 202 valence electrons. The third-order valence-electron chi connectivity index (χ3n) is 6.66. The number of hydrogen-bond donors (Lipinski definition) is 0. The van der Waals surface area contributed by atoms with E-state index < -0.39 is 30.8 Å². The Bertz CT molecular complexity index is 1320. The van der Waals surface area contributed by atoms with Crippen LogP contribution in [0.1, 0.15) is 16.7 Å². The molecule has 1 heterocycles. The van der Waals surface area contributed by atoms with Gasteiger partial charge in [0.2, 0.25) is 0 Å². The van der Waals surface area contributed by atoms with E-state index >= 15 is 0 Å². The maximum absolute atomic E-state index is 14.5. The molecule has 0 aromatic heterocycles. The summed E-state index contributed by atoms with van der Waals surface area (Å²) >= 11 is 7.03. The van der Waals surface area contributed by atoms with E-state index in [2.05, 4.69) is 0 Å². The van der Waals surface area contributed by atoms with Crippen molar-refractivity contribution < 1.29 is 23.3 Å². The molecular formula is C32H32ClO5P. The number of benzene rings is 4. The molecule has 7 heteroatoms. The van der Waals surface area contributed by atoms with Crippen LogP contribution < -0.4 is 5.30 Å². The van der Waals surface area contributed by atoms with Crippen molar-refractivity contribution in [2.24, 2.45) is 0 Å². The first kappa shape index (κ1) is 27.8. The summed E-state index contributed by atoms with van der Waals surface area (Å²) in [5.41, 5.74) is 3.03.